The molecule has 1 atom stereocenters. The molecular weight excluding hydrogens is 371 g/mol. The normalized spacial score (nSPS) is 25.5. The van der Waals surface area contributed by atoms with Crippen molar-refractivity contribution in [3.05, 3.63) is 34.1 Å². The fraction of sp³-hybridized carbons (Fsp3) is 0.600. The molecule has 1 aromatic carbocycles. The number of nitrogens with one attached hydrogen (secondary N) is 1. The fourth-order valence-corrected chi connectivity index (χ4v) is 4.40. The van der Waals surface area contributed by atoms with E-state index in [4.69, 9.17) is 11.6 Å². The number of rotatable bonds is 4. The molecule has 0 spiro atoms. The maximum Gasteiger partial charge on any atom is 0.256 e. The van der Waals surface area contributed by atoms with E-state index in [1.165, 1.54) is 6.07 Å². The second-order valence-corrected chi connectivity index (χ2v) is 7.96. The molecule has 2 N–H and O–H groups in total. The number of likely N-dealkylation sites (tertiary alicyclic amines) is 1. The minimum atomic E-state index is -0.629. The van der Waals surface area contributed by atoms with Crippen LogP contribution in [-0.2, 0) is 4.79 Å². The lowest BCUT2D eigenvalue weighted by Gasteiger charge is -2.33. The van der Waals surface area contributed by atoms with Gasteiger partial charge in [0, 0.05) is 18.5 Å². The van der Waals surface area contributed by atoms with E-state index in [1.54, 1.807) is 13.0 Å². The summed E-state index contributed by atoms with van der Waals surface area (Å²) in [6.07, 6.45) is 4.50. The first-order chi connectivity index (χ1) is 12.9. The van der Waals surface area contributed by atoms with Crippen molar-refractivity contribution in [1.29, 1.82) is 0 Å². The molecule has 0 unspecified atom stereocenters. The fourth-order valence-electron chi connectivity index (χ4n) is 4.16. The molecule has 5 nitrogen and oxygen atoms in total. The van der Waals surface area contributed by atoms with Crippen molar-refractivity contribution in [2.24, 2.45) is 5.92 Å². The molecule has 1 saturated carbocycles. The second-order valence-electron chi connectivity index (χ2n) is 7.59. The van der Waals surface area contributed by atoms with Crippen molar-refractivity contribution in [1.82, 2.24) is 10.2 Å². The monoisotopic (exact) mass is 396 g/mol. The molecule has 2 fully saturated rings. The highest BCUT2D eigenvalue weighted by Crippen LogP contribution is 2.30. The number of amides is 2. The van der Waals surface area contributed by atoms with Crippen molar-refractivity contribution < 1.29 is 19.1 Å². The summed E-state index contributed by atoms with van der Waals surface area (Å²) in [5.74, 6) is -1.08. The van der Waals surface area contributed by atoms with Crippen LogP contribution in [0.4, 0.5) is 4.39 Å². The summed E-state index contributed by atoms with van der Waals surface area (Å²) >= 11 is 6.10. The molecule has 0 radical (unpaired) electrons. The summed E-state index contributed by atoms with van der Waals surface area (Å²) in [5.41, 5.74) is 0.541. The quantitative estimate of drug-likeness (QED) is 0.821. The number of hydrogen-bond donors (Lipinski definition) is 2. The van der Waals surface area contributed by atoms with Crippen molar-refractivity contribution in [2.45, 2.75) is 57.5 Å². The summed E-state index contributed by atoms with van der Waals surface area (Å²) in [4.78, 5) is 27.0. The van der Waals surface area contributed by atoms with E-state index in [9.17, 15) is 19.1 Å². The largest absolute Gasteiger partial charge is 0.394 e. The molecule has 1 heterocycles. The van der Waals surface area contributed by atoms with Gasteiger partial charge in [-0.1, -0.05) is 17.7 Å². The molecule has 2 aliphatic rings. The van der Waals surface area contributed by atoms with Crippen LogP contribution in [0.25, 0.3) is 0 Å². The summed E-state index contributed by atoms with van der Waals surface area (Å²) in [6.45, 7) is 2.46. The van der Waals surface area contributed by atoms with Crippen LogP contribution in [0.2, 0.25) is 5.02 Å². The summed E-state index contributed by atoms with van der Waals surface area (Å²) < 4.78 is 14.0. The zero-order valence-electron chi connectivity index (χ0n) is 15.5. The maximum absolute atomic E-state index is 14.0. The first-order valence-electron chi connectivity index (χ1n) is 9.59. The number of benzene rings is 1. The van der Waals surface area contributed by atoms with Gasteiger partial charge in [-0.3, -0.25) is 9.59 Å². The van der Waals surface area contributed by atoms with Crippen molar-refractivity contribution in [2.75, 3.05) is 13.2 Å². The Morgan fingerprint density at radius 2 is 1.96 bits per heavy atom. The van der Waals surface area contributed by atoms with E-state index in [-0.39, 0.29) is 41.1 Å². The van der Waals surface area contributed by atoms with E-state index >= 15 is 0 Å². The number of aliphatic hydroxyl groups excluding tert-OH is 1. The Balaban J connectivity index is 1.56. The minimum Gasteiger partial charge on any atom is -0.394 e. The molecule has 1 aromatic rings. The van der Waals surface area contributed by atoms with Crippen LogP contribution in [0.1, 0.15) is 54.4 Å². The Morgan fingerprint density at radius 1 is 1.26 bits per heavy atom. The van der Waals surface area contributed by atoms with E-state index in [1.807, 2.05) is 4.90 Å². The maximum atomic E-state index is 14.0. The predicted molar refractivity (Wildman–Crippen MR) is 101 cm³/mol. The first kappa shape index (κ1) is 20.1. The van der Waals surface area contributed by atoms with Crippen LogP contribution in [0.5, 0.6) is 0 Å². The van der Waals surface area contributed by atoms with Gasteiger partial charge >= 0.3 is 0 Å². The smallest absolute Gasteiger partial charge is 0.256 e. The highest BCUT2D eigenvalue weighted by Gasteiger charge is 2.35. The van der Waals surface area contributed by atoms with E-state index in [0.717, 1.165) is 12.8 Å². The van der Waals surface area contributed by atoms with Gasteiger partial charge in [0.1, 0.15) is 5.82 Å². The number of carbonyl (C=O) groups is 2. The molecule has 1 aliphatic carbocycles. The van der Waals surface area contributed by atoms with E-state index < -0.39 is 11.7 Å². The van der Waals surface area contributed by atoms with Crippen molar-refractivity contribution >= 4 is 23.4 Å². The molecule has 0 aromatic heterocycles. The predicted octanol–water partition coefficient (Wildman–Crippen LogP) is 3.06. The zero-order valence-corrected chi connectivity index (χ0v) is 16.3. The zero-order chi connectivity index (χ0) is 19.6. The van der Waals surface area contributed by atoms with Crippen LogP contribution < -0.4 is 5.32 Å². The summed E-state index contributed by atoms with van der Waals surface area (Å²) in [7, 11) is 0. The first-order valence-corrected chi connectivity index (χ1v) is 9.97. The van der Waals surface area contributed by atoms with E-state index in [2.05, 4.69) is 5.32 Å². The van der Waals surface area contributed by atoms with Gasteiger partial charge in [-0.15, -0.1) is 0 Å². The Kier molecular flexibility index (Phi) is 6.37. The van der Waals surface area contributed by atoms with Gasteiger partial charge in [0.25, 0.3) is 5.91 Å². The van der Waals surface area contributed by atoms with Gasteiger partial charge in [0.05, 0.1) is 23.2 Å². The van der Waals surface area contributed by atoms with Crippen molar-refractivity contribution in [3.63, 3.8) is 0 Å². The number of halogens is 2. The Labute approximate surface area is 163 Å². The van der Waals surface area contributed by atoms with Gasteiger partial charge < -0.3 is 15.3 Å². The molecule has 3 rings (SSSR count). The lowest BCUT2D eigenvalue weighted by molar-refractivity contribution is -0.138. The topological polar surface area (TPSA) is 69.6 Å². The van der Waals surface area contributed by atoms with E-state index in [0.29, 0.717) is 37.8 Å². The highest BCUT2D eigenvalue weighted by molar-refractivity contribution is 6.34. The number of hydrogen-bond acceptors (Lipinski definition) is 3. The third-order valence-corrected chi connectivity index (χ3v) is 6.28. The lowest BCUT2D eigenvalue weighted by atomic mass is 9.85. The Morgan fingerprint density at radius 3 is 2.63 bits per heavy atom. The van der Waals surface area contributed by atoms with Crippen LogP contribution >= 0.6 is 11.6 Å². The third kappa shape index (κ3) is 4.27. The summed E-state index contributed by atoms with van der Waals surface area (Å²) in [5, 5.41) is 12.4. The summed E-state index contributed by atoms with van der Waals surface area (Å²) in [6, 6.07) is 2.65. The molecule has 27 heavy (non-hydrogen) atoms. The second kappa shape index (κ2) is 8.57. The highest BCUT2D eigenvalue weighted by atomic mass is 35.5. The van der Waals surface area contributed by atoms with Gasteiger partial charge in [-0.05, 0) is 57.1 Å². The van der Waals surface area contributed by atoms with Crippen molar-refractivity contribution in [3.8, 4) is 0 Å². The van der Waals surface area contributed by atoms with Crippen LogP contribution in [-0.4, -0.2) is 47.1 Å². The van der Waals surface area contributed by atoms with Crippen LogP contribution in [0.3, 0.4) is 0 Å². The molecule has 0 bridgehead atoms. The minimum absolute atomic E-state index is 0.0138. The molecule has 2 amide bonds. The number of aliphatic hydroxyl groups is 1. The van der Waals surface area contributed by atoms with Gasteiger partial charge in [-0.25, -0.2) is 4.39 Å². The Hall–Kier alpha value is -1.66. The third-order valence-electron chi connectivity index (χ3n) is 5.79. The molecule has 7 heteroatoms. The number of carbonyl (C=O) groups excluding carboxylic acids is 2. The average Bonchev–Trinajstić information content (AvgIpc) is 3.14. The lowest BCUT2D eigenvalue weighted by Crippen LogP contribution is -2.44. The Bertz CT molecular complexity index is 719. The average molecular weight is 397 g/mol. The molecular formula is C20H26ClFN2O3. The molecule has 1 aliphatic heterocycles. The van der Waals surface area contributed by atoms with Gasteiger partial charge in [0.15, 0.2) is 0 Å². The van der Waals surface area contributed by atoms with Crippen LogP contribution in [0, 0.1) is 18.7 Å². The SMILES string of the molecule is Cc1ccc(F)c(C(=O)NC2CCC(C(=O)N3CCC[C@H]3CO)CC2)c1Cl. The number of nitrogens with zero attached hydrogens (tertiary/aromatic N) is 1. The molecule has 1 saturated heterocycles. The standard InChI is InChI=1S/C20H26ClFN2O3/c1-12-4-9-16(22)17(18(12)21)19(26)23-14-7-5-13(6-8-14)20(27)24-10-2-3-15(24)11-25/h4,9,13-15,25H,2-3,5-8,10-11H2,1H3,(H,23,26)/t13?,14?,15-/m0/s1. The van der Waals surface area contributed by atoms with Crippen LogP contribution in [0.15, 0.2) is 12.1 Å². The molecule has 148 valence electrons. The van der Waals surface area contributed by atoms with Gasteiger partial charge in [-0.2, -0.15) is 0 Å². The van der Waals surface area contributed by atoms with Gasteiger partial charge in [0.2, 0.25) is 5.91 Å². The number of aryl methyl sites for hydroxylation is 1.